The molecule has 2 rings (SSSR count). The summed E-state index contributed by atoms with van der Waals surface area (Å²) >= 11 is 19.1. The molecule has 1 N–H and O–H groups in total. The SMILES string of the molecule is Clc1cnc(CNc2cccc(Cl)c2Cl)s1. The van der Waals surface area contributed by atoms with E-state index in [2.05, 4.69) is 10.3 Å². The van der Waals surface area contributed by atoms with Gasteiger partial charge in [-0.05, 0) is 12.1 Å². The van der Waals surface area contributed by atoms with E-state index in [-0.39, 0.29) is 0 Å². The zero-order valence-corrected chi connectivity index (χ0v) is 11.1. The molecule has 0 atom stereocenters. The van der Waals surface area contributed by atoms with E-state index in [0.717, 1.165) is 10.7 Å². The van der Waals surface area contributed by atoms with E-state index in [1.165, 1.54) is 11.3 Å². The van der Waals surface area contributed by atoms with Crippen molar-refractivity contribution in [2.75, 3.05) is 5.32 Å². The zero-order chi connectivity index (χ0) is 11.5. The Balaban J connectivity index is 2.07. The maximum atomic E-state index is 6.03. The molecule has 2 aromatic rings. The number of halogens is 3. The average molecular weight is 294 g/mol. The molecular formula is C10H7Cl3N2S. The Morgan fingerprint density at radius 3 is 2.75 bits per heavy atom. The molecule has 1 aromatic heterocycles. The van der Waals surface area contributed by atoms with Crippen molar-refractivity contribution in [3.8, 4) is 0 Å². The fourth-order valence-electron chi connectivity index (χ4n) is 1.18. The second-order valence-electron chi connectivity index (χ2n) is 3.01. The van der Waals surface area contributed by atoms with E-state index >= 15 is 0 Å². The van der Waals surface area contributed by atoms with E-state index < -0.39 is 0 Å². The van der Waals surface area contributed by atoms with Gasteiger partial charge in [0, 0.05) is 0 Å². The quantitative estimate of drug-likeness (QED) is 0.886. The topological polar surface area (TPSA) is 24.9 Å². The van der Waals surface area contributed by atoms with Crippen LogP contribution in [0.1, 0.15) is 5.01 Å². The highest BCUT2D eigenvalue weighted by atomic mass is 35.5. The highest BCUT2D eigenvalue weighted by Gasteiger charge is 2.05. The summed E-state index contributed by atoms with van der Waals surface area (Å²) in [5.41, 5.74) is 0.792. The minimum absolute atomic E-state index is 0.520. The summed E-state index contributed by atoms with van der Waals surface area (Å²) in [4.78, 5) is 4.13. The van der Waals surface area contributed by atoms with E-state index in [1.54, 1.807) is 12.3 Å². The number of rotatable bonds is 3. The number of nitrogens with zero attached hydrogens (tertiary/aromatic N) is 1. The summed E-state index contributed by atoms with van der Waals surface area (Å²) in [7, 11) is 0. The van der Waals surface area contributed by atoms with Gasteiger partial charge in [-0.15, -0.1) is 11.3 Å². The van der Waals surface area contributed by atoms with E-state index in [4.69, 9.17) is 34.8 Å². The molecule has 0 fully saturated rings. The molecule has 0 aliphatic carbocycles. The average Bonchev–Trinajstić information content (AvgIpc) is 2.67. The van der Waals surface area contributed by atoms with Crippen molar-refractivity contribution in [3.63, 3.8) is 0 Å². The molecule has 1 heterocycles. The molecule has 16 heavy (non-hydrogen) atoms. The maximum absolute atomic E-state index is 6.03. The second kappa shape index (κ2) is 5.23. The lowest BCUT2D eigenvalue weighted by molar-refractivity contribution is 1.10. The Bertz CT molecular complexity index is 499. The summed E-state index contributed by atoms with van der Waals surface area (Å²) in [6.45, 7) is 0.581. The third-order valence-electron chi connectivity index (χ3n) is 1.91. The van der Waals surface area contributed by atoms with Gasteiger partial charge in [0.05, 0.1) is 28.5 Å². The number of benzene rings is 1. The fraction of sp³-hybridized carbons (Fsp3) is 0.100. The van der Waals surface area contributed by atoms with Crippen LogP contribution in [0.25, 0.3) is 0 Å². The van der Waals surface area contributed by atoms with E-state index in [1.807, 2.05) is 12.1 Å². The molecule has 0 unspecified atom stereocenters. The van der Waals surface area contributed by atoms with Crippen LogP contribution in [-0.4, -0.2) is 4.98 Å². The van der Waals surface area contributed by atoms with Crippen LogP contribution >= 0.6 is 46.1 Å². The molecule has 0 saturated heterocycles. The lowest BCUT2D eigenvalue weighted by atomic mass is 10.3. The van der Waals surface area contributed by atoms with Gasteiger partial charge < -0.3 is 5.32 Å². The van der Waals surface area contributed by atoms with Crippen LogP contribution in [0.2, 0.25) is 14.4 Å². The first-order valence-corrected chi connectivity index (χ1v) is 6.40. The minimum Gasteiger partial charge on any atom is -0.377 e. The largest absolute Gasteiger partial charge is 0.377 e. The number of aromatic nitrogens is 1. The molecule has 0 radical (unpaired) electrons. The summed E-state index contributed by atoms with van der Waals surface area (Å²) in [5.74, 6) is 0. The smallest absolute Gasteiger partial charge is 0.113 e. The molecule has 1 aromatic carbocycles. The van der Waals surface area contributed by atoms with Gasteiger partial charge in [0.25, 0.3) is 0 Å². The highest BCUT2D eigenvalue weighted by molar-refractivity contribution is 7.15. The summed E-state index contributed by atoms with van der Waals surface area (Å²) in [6.07, 6.45) is 1.63. The van der Waals surface area contributed by atoms with Gasteiger partial charge in [-0.1, -0.05) is 40.9 Å². The van der Waals surface area contributed by atoms with Crippen LogP contribution < -0.4 is 5.32 Å². The van der Waals surface area contributed by atoms with Crippen LogP contribution in [0.3, 0.4) is 0 Å². The maximum Gasteiger partial charge on any atom is 0.113 e. The first kappa shape index (κ1) is 12.0. The van der Waals surface area contributed by atoms with Gasteiger partial charge in [-0.25, -0.2) is 4.98 Å². The zero-order valence-electron chi connectivity index (χ0n) is 8.01. The van der Waals surface area contributed by atoms with Crippen LogP contribution in [0.5, 0.6) is 0 Å². The second-order valence-corrected chi connectivity index (χ2v) is 5.54. The van der Waals surface area contributed by atoms with Crippen molar-refractivity contribution in [2.45, 2.75) is 6.54 Å². The molecule has 0 amide bonds. The molecule has 0 bridgehead atoms. The van der Waals surface area contributed by atoms with Gasteiger partial charge in [0.15, 0.2) is 0 Å². The molecular weight excluding hydrogens is 287 g/mol. The van der Waals surface area contributed by atoms with Crippen LogP contribution in [0.15, 0.2) is 24.4 Å². The number of hydrogen-bond donors (Lipinski definition) is 1. The molecule has 0 saturated carbocycles. The van der Waals surface area contributed by atoms with Crippen molar-refractivity contribution in [1.29, 1.82) is 0 Å². The van der Waals surface area contributed by atoms with E-state index in [0.29, 0.717) is 20.9 Å². The van der Waals surface area contributed by atoms with Gasteiger partial charge in [0.2, 0.25) is 0 Å². The molecule has 0 spiro atoms. The fourth-order valence-corrected chi connectivity index (χ4v) is 2.44. The monoisotopic (exact) mass is 292 g/mol. The van der Waals surface area contributed by atoms with Crippen LogP contribution in [0.4, 0.5) is 5.69 Å². The minimum atomic E-state index is 0.520. The summed E-state index contributed by atoms with van der Waals surface area (Å²) in [6, 6.07) is 5.45. The first-order chi connectivity index (χ1) is 7.66. The third kappa shape index (κ3) is 2.80. The normalized spacial score (nSPS) is 10.4. The van der Waals surface area contributed by atoms with Gasteiger partial charge >= 0.3 is 0 Å². The number of hydrogen-bond acceptors (Lipinski definition) is 3. The Morgan fingerprint density at radius 2 is 2.06 bits per heavy atom. The predicted octanol–water partition coefficient (Wildman–Crippen LogP) is 4.72. The van der Waals surface area contributed by atoms with Crippen LogP contribution in [0, 0.1) is 0 Å². The third-order valence-corrected chi connectivity index (χ3v) is 3.84. The Hall–Kier alpha value is -0.480. The Kier molecular flexibility index (Phi) is 3.92. The van der Waals surface area contributed by atoms with Gasteiger partial charge in [-0.2, -0.15) is 0 Å². The Labute approximate surface area is 112 Å². The first-order valence-electron chi connectivity index (χ1n) is 4.45. The van der Waals surface area contributed by atoms with Crippen molar-refractivity contribution in [3.05, 3.63) is 43.8 Å². The predicted molar refractivity (Wildman–Crippen MR) is 70.9 cm³/mol. The molecule has 0 aliphatic heterocycles. The van der Waals surface area contributed by atoms with Gasteiger partial charge in [0.1, 0.15) is 9.34 Å². The molecule has 0 aliphatic rings. The van der Waals surface area contributed by atoms with Crippen LogP contribution in [-0.2, 0) is 6.54 Å². The number of thiazole rings is 1. The lowest BCUT2D eigenvalue weighted by Crippen LogP contribution is -1.99. The highest BCUT2D eigenvalue weighted by Crippen LogP contribution is 2.30. The van der Waals surface area contributed by atoms with E-state index in [9.17, 15) is 0 Å². The van der Waals surface area contributed by atoms with Crippen molar-refractivity contribution < 1.29 is 0 Å². The van der Waals surface area contributed by atoms with Crippen molar-refractivity contribution in [1.82, 2.24) is 4.98 Å². The lowest BCUT2D eigenvalue weighted by Gasteiger charge is -2.07. The number of nitrogens with one attached hydrogen (secondary N) is 1. The standard InChI is InChI=1S/C10H7Cl3N2S/c11-6-2-1-3-7(10(6)13)14-5-9-15-4-8(12)16-9/h1-4,14H,5H2. The number of anilines is 1. The summed E-state index contributed by atoms with van der Waals surface area (Å²) in [5, 5.41) is 5.11. The Morgan fingerprint density at radius 1 is 1.25 bits per heavy atom. The van der Waals surface area contributed by atoms with Crippen molar-refractivity contribution >= 4 is 51.8 Å². The summed E-state index contributed by atoms with van der Waals surface area (Å²) < 4.78 is 0.675. The van der Waals surface area contributed by atoms with Gasteiger partial charge in [-0.3, -0.25) is 0 Å². The molecule has 6 heteroatoms. The van der Waals surface area contributed by atoms with Crippen molar-refractivity contribution in [2.24, 2.45) is 0 Å². The molecule has 2 nitrogen and oxygen atoms in total. The molecule has 84 valence electrons.